The summed E-state index contributed by atoms with van der Waals surface area (Å²) in [4.78, 5) is 13.6. The Bertz CT molecular complexity index is 1210. The summed E-state index contributed by atoms with van der Waals surface area (Å²) in [6, 6.07) is 17.5. The minimum Gasteiger partial charge on any atom is -0.494 e. The van der Waals surface area contributed by atoms with Crippen molar-refractivity contribution in [1.82, 2.24) is 14.8 Å². The number of thiophene rings is 1. The third-order valence-electron chi connectivity index (χ3n) is 4.55. The van der Waals surface area contributed by atoms with E-state index in [4.69, 9.17) is 4.74 Å². The zero-order chi connectivity index (χ0) is 22.5. The van der Waals surface area contributed by atoms with Gasteiger partial charge in [0, 0.05) is 10.2 Å². The summed E-state index contributed by atoms with van der Waals surface area (Å²) >= 11 is 6.43. The molecule has 0 radical (unpaired) electrons. The standard InChI is InChI=1S/C23H21BrN4O2S2/c1-3-30-18-9-7-17(8-10-18)28-22(20-5-4-12-31-20)26-27-23(28)32-14-21(29)25-16-6-11-19(24)15(2)13-16/h4-13H,3,14H2,1-2H3,(H,25,29). The molecule has 0 bridgehead atoms. The maximum absolute atomic E-state index is 12.6. The highest BCUT2D eigenvalue weighted by atomic mass is 79.9. The third-order valence-corrected chi connectivity index (χ3v) is 7.24. The number of ether oxygens (including phenoxy) is 1. The molecule has 4 aromatic rings. The highest BCUT2D eigenvalue weighted by Crippen LogP contribution is 2.31. The molecule has 2 aromatic carbocycles. The van der Waals surface area contributed by atoms with Gasteiger partial charge in [0.2, 0.25) is 5.91 Å². The molecule has 0 spiro atoms. The van der Waals surface area contributed by atoms with Crippen molar-refractivity contribution in [2.45, 2.75) is 19.0 Å². The number of carbonyl (C=O) groups is 1. The van der Waals surface area contributed by atoms with Gasteiger partial charge in [0.15, 0.2) is 11.0 Å². The SMILES string of the molecule is CCOc1ccc(-n2c(SCC(=O)Nc3ccc(Br)c(C)c3)nnc2-c2cccs2)cc1. The van der Waals surface area contributed by atoms with Gasteiger partial charge in [-0.2, -0.15) is 0 Å². The fraction of sp³-hybridized carbons (Fsp3) is 0.174. The van der Waals surface area contributed by atoms with Gasteiger partial charge in [0.25, 0.3) is 0 Å². The van der Waals surface area contributed by atoms with E-state index in [0.29, 0.717) is 11.8 Å². The van der Waals surface area contributed by atoms with Gasteiger partial charge in [-0.1, -0.05) is 33.8 Å². The number of hydrogen-bond acceptors (Lipinski definition) is 6. The number of thioether (sulfide) groups is 1. The maximum Gasteiger partial charge on any atom is 0.234 e. The molecule has 9 heteroatoms. The summed E-state index contributed by atoms with van der Waals surface area (Å²) in [6.07, 6.45) is 0. The second-order valence-corrected chi connectivity index (χ2v) is 9.59. The van der Waals surface area contributed by atoms with Crippen LogP contribution in [-0.2, 0) is 4.79 Å². The van der Waals surface area contributed by atoms with Crippen molar-refractivity contribution in [2.75, 3.05) is 17.7 Å². The van der Waals surface area contributed by atoms with Crippen molar-refractivity contribution in [2.24, 2.45) is 0 Å². The zero-order valence-corrected chi connectivity index (χ0v) is 20.8. The average Bonchev–Trinajstić information content (AvgIpc) is 3.45. The molecule has 0 saturated carbocycles. The first-order chi connectivity index (χ1) is 15.5. The number of rotatable bonds is 8. The Balaban J connectivity index is 1.55. The van der Waals surface area contributed by atoms with E-state index in [2.05, 4.69) is 31.4 Å². The summed E-state index contributed by atoms with van der Waals surface area (Å²) in [6.45, 7) is 4.55. The van der Waals surface area contributed by atoms with Gasteiger partial charge in [0.1, 0.15) is 5.75 Å². The molecular weight excluding hydrogens is 508 g/mol. The number of aromatic nitrogens is 3. The van der Waals surface area contributed by atoms with Crippen LogP contribution in [0.1, 0.15) is 12.5 Å². The zero-order valence-electron chi connectivity index (χ0n) is 17.5. The molecule has 0 atom stereocenters. The van der Waals surface area contributed by atoms with Gasteiger partial charge in [-0.3, -0.25) is 9.36 Å². The largest absolute Gasteiger partial charge is 0.494 e. The molecule has 0 saturated heterocycles. The van der Waals surface area contributed by atoms with Crippen LogP contribution in [0.3, 0.4) is 0 Å². The molecule has 0 unspecified atom stereocenters. The van der Waals surface area contributed by atoms with Crippen LogP contribution in [0.4, 0.5) is 5.69 Å². The Kier molecular flexibility index (Phi) is 7.29. The summed E-state index contributed by atoms with van der Waals surface area (Å²) < 4.78 is 8.55. The Hall–Kier alpha value is -2.62. The molecule has 0 aliphatic carbocycles. The van der Waals surface area contributed by atoms with Gasteiger partial charge in [-0.25, -0.2) is 0 Å². The number of anilines is 1. The summed E-state index contributed by atoms with van der Waals surface area (Å²) in [5.74, 6) is 1.67. The van der Waals surface area contributed by atoms with E-state index >= 15 is 0 Å². The van der Waals surface area contributed by atoms with Crippen LogP contribution in [0.5, 0.6) is 5.75 Å². The second-order valence-electron chi connectivity index (χ2n) is 6.85. The van der Waals surface area contributed by atoms with Crippen LogP contribution in [-0.4, -0.2) is 33.0 Å². The Morgan fingerprint density at radius 2 is 2.00 bits per heavy atom. The molecule has 6 nitrogen and oxygen atoms in total. The van der Waals surface area contributed by atoms with Crippen LogP contribution < -0.4 is 10.1 Å². The van der Waals surface area contributed by atoms with Crippen LogP contribution in [0.25, 0.3) is 16.4 Å². The lowest BCUT2D eigenvalue weighted by Gasteiger charge is -2.11. The van der Waals surface area contributed by atoms with Gasteiger partial charge >= 0.3 is 0 Å². The lowest BCUT2D eigenvalue weighted by molar-refractivity contribution is -0.113. The predicted octanol–water partition coefficient (Wildman–Crippen LogP) is 6.20. The maximum atomic E-state index is 12.6. The van der Waals surface area contributed by atoms with Crippen LogP contribution in [0.15, 0.2) is 69.6 Å². The van der Waals surface area contributed by atoms with Crippen molar-refractivity contribution >= 4 is 50.6 Å². The fourth-order valence-electron chi connectivity index (χ4n) is 3.07. The number of benzene rings is 2. The van der Waals surface area contributed by atoms with Crippen molar-refractivity contribution in [3.05, 3.63) is 70.0 Å². The third kappa shape index (κ3) is 5.23. The number of aryl methyl sites for hydroxylation is 1. The molecule has 0 fully saturated rings. The van der Waals surface area contributed by atoms with Crippen molar-refractivity contribution in [3.63, 3.8) is 0 Å². The molecule has 4 rings (SSSR count). The minimum absolute atomic E-state index is 0.101. The molecule has 0 aliphatic rings. The highest BCUT2D eigenvalue weighted by Gasteiger charge is 2.18. The summed E-state index contributed by atoms with van der Waals surface area (Å²) in [5, 5.41) is 14.4. The first-order valence-corrected chi connectivity index (χ1v) is 12.6. The van der Waals surface area contributed by atoms with Crippen LogP contribution >= 0.6 is 39.0 Å². The number of nitrogens with one attached hydrogen (secondary N) is 1. The molecule has 0 aliphatic heterocycles. The summed E-state index contributed by atoms with van der Waals surface area (Å²) in [5.41, 5.74) is 2.74. The number of hydrogen-bond donors (Lipinski definition) is 1. The number of carbonyl (C=O) groups excluding carboxylic acids is 1. The van der Waals surface area contributed by atoms with Crippen molar-refractivity contribution < 1.29 is 9.53 Å². The van der Waals surface area contributed by atoms with Gasteiger partial charge in [-0.15, -0.1) is 21.5 Å². The van der Waals surface area contributed by atoms with Crippen molar-refractivity contribution in [1.29, 1.82) is 0 Å². The Morgan fingerprint density at radius 1 is 1.19 bits per heavy atom. The molecule has 2 heterocycles. The lowest BCUT2D eigenvalue weighted by Crippen LogP contribution is -2.14. The van der Waals surface area contributed by atoms with Crippen LogP contribution in [0, 0.1) is 6.92 Å². The first kappa shape index (κ1) is 22.6. The molecule has 32 heavy (non-hydrogen) atoms. The predicted molar refractivity (Wildman–Crippen MR) is 134 cm³/mol. The van der Waals surface area contributed by atoms with Gasteiger partial charge < -0.3 is 10.1 Å². The van der Waals surface area contributed by atoms with E-state index in [1.54, 1.807) is 11.3 Å². The van der Waals surface area contributed by atoms with Crippen LogP contribution in [0.2, 0.25) is 0 Å². The molecule has 164 valence electrons. The Labute approximate surface area is 203 Å². The number of halogens is 1. The number of amides is 1. The molecular formula is C23H21BrN4O2S2. The van der Waals surface area contributed by atoms with Gasteiger partial charge in [0.05, 0.1) is 22.9 Å². The Morgan fingerprint density at radius 3 is 2.69 bits per heavy atom. The van der Waals surface area contributed by atoms with E-state index in [0.717, 1.165) is 37.9 Å². The molecule has 2 aromatic heterocycles. The van der Waals surface area contributed by atoms with Crippen molar-refractivity contribution in [3.8, 4) is 22.1 Å². The highest BCUT2D eigenvalue weighted by molar-refractivity contribution is 9.10. The second kappa shape index (κ2) is 10.3. The van der Waals surface area contributed by atoms with E-state index in [-0.39, 0.29) is 11.7 Å². The quantitative estimate of drug-likeness (QED) is 0.276. The van der Waals surface area contributed by atoms with E-state index in [9.17, 15) is 4.79 Å². The monoisotopic (exact) mass is 528 g/mol. The van der Waals surface area contributed by atoms with E-state index < -0.39 is 0 Å². The number of nitrogens with zero attached hydrogens (tertiary/aromatic N) is 3. The molecule has 1 N–H and O–H groups in total. The molecule has 1 amide bonds. The van der Waals surface area contributed by atoms with Gasteiger partial charge in [-0.05, 0) is 73.3 Å². The summed E-state index contributed by atoms with van der Waals surface area (Å²) in [7, 11) is 0. The first-order valence-electron chi connectivity index (χ1n) is 9.96. The smallest absolute Gasteiger partial charge is 0.234 e. The fourth-order valence-corrected chi connectivity index (χ4v) is 4.77. The minimum atomic E-state index is -0.101. The topological polar surface area (TPSA) is 69.0 Å². The lowest BCUT2D eigenvalue weighted by atomic mass is 10.2. The van der Waals surface area contributed by atoms with E-state index in [1.165, 1.54) is 11.8 Å². The average molecular weight is 529 g/mol. The van der Waals surface area contributed by atoms with E-state index in [1.807, 2.05) is 78.4 Å². The normalized spacial score (nSPS) is 10.8.